The largest absolute Gasteiger partial charge is 0.468 e. The number of aromatic nitrogens is 2. The van der Waals surface area contributed by atoms with Gasteiger partial charge in [-0.15, -0.1) is 0 Å². The summed E-state index contributed by atoms with van der Waals surface area (Å²) in [5.74, 6) is 0.801. The van der Waals surface area contributed by atoms with Crippen LogP contribution in [0.15, 0.2) is 24.3 Å². The lowest BCUT2D eigenvalue weighted by molar-refractivity contribution is -0.143. The molecule has 0 amide bonds. The number of imidazole rings is 1. The molecular weight excluding hydrogens is 266 g/mol. The molecule has 3 rings (SSSR count). The van der Waals surface area contributed by atoms with E-state index in [2.05, 4.69) is 20.9 Å². The second kappa shape index (κ2) is 5.85. The minimum atomic E-state index is -0.233. The third-order valence-corrected chi connectivity index (χ3v) is 3.99. The van der Waals surface area contributed by atoms with Crippen molar-refractivity contribution in [2.24, 2.45) is 0 Å². The van der Waals surface area contributed by atoms with Crippen molar-refractivity contribution < 1.29 is 9.53 Å². The van der Waals surface area contributed by atoms with Crippen LogP contribution in [-0.2, 0) is 16.1 Å². The molecule has 0 radical (unpaired) electrons. The van der Waals surface area contributed by atoms with Crippen LogP contribution in [-0.4, -0.2) is 34.7 Å². The molecule has 0 saturated heterocycles. The molecule has 1 aliphatic carbocycles. The van der Waals surface area contributed by atoms with Gasteiger partial charge in [0.1, 0.15) is 11.9 Å². The van der Waals surface area contributed by atoms with E-state index in [1.54, 1.807) is 0 Å². The van der Waals surface area contributed by atoms with Gasteiger partial charge in [-0.3, -0.25) is 4.79 Å². The number of carbonyl (C=O) groups excluding carboxylic acids is 1. The fraction of sp³-hybridized carbons (Fsp3) is 0.500. The Balaban J connectivity index is 1.74. The summed E-state index contributed by atoms with van der Waals surface area (Å²) < 4.78 is 7.07. The van der Waals surface area contributed by atoms with Gasteiger partial charge in [-0.1, -0.05) is 12.1 Å². The summed E-state index contributed by atoms with van der Waals surface area (Å²) in [5, 5.41) is 3.36. The van der Waals surface area contributed by atoms with E-state index >= 15 is 0 Å². The summed E-state index contributed by atoms with van der Waals surface area (Å²) in [5.41, 5.74) is 2.12. The molecule has 1 aromatic carbocycles. The van der Waals surface area contributed by atoms with Gasteiger partial charge in [-0.25, -0.2) is 4.98 Å². The lowest BCUT2D eigenvalue weighted by atomic mass is 10.2. The number of nitrogens with one attached hydrogen (secondary N) is 1. The topological polar surface area (TPSA) is 56.2 Å². The molecule has 5 nitrogen and oxygen atoms in total. The molecule has 1 aliphatic rings. The molecule has 0 aliphatic heterocycles. The van der Waals surface area contributed by atoms with Gasteiger partial charge < -0.3 is 14.6 Å². The van der Waals surface area contributed by atoms with E-state index in [-0.39, 0.29) is 12.0 Å². The Morgan fingerprint density at radius 3 is 2.95 bits per heavy atom. The maximum absolute atomic E-state index is 11.9. The highest BCUT2D eigenvalue weighted by Gasteiger charge is 2.28. The summed E-state index contributed by atoms with van der Waals surface area (Å²) in [6, 6.07) is 8.33. The van der Waals surface area contributed by atoms with Crippen LogP contribution in [0.25, 0.3) is 11.0 Å². The molecule has 0 bridgehead atoms. The number of esters is 1. The van der Waals surface area contributed by atoms with E-state index in [0.29, 0.717) is 12.5 Å². The Morgan fingerprint density at radius 2 is 2.24 bits per heavy atom. The van der Waals surface area contributed by atoms with E-state index in [1.165, 1.54) is 7.11 Å². The number of benzene rings is 1. The van der Waals surface area contributed by atoms with E-state index < -0.39 is 0 Å². The molecule has 0 spiro atoms. The lowest BCUT2D eigenvalue weighted by Crippen LogP contribution is -2.39. The predicted octanol–water partition coefficient (Wildman–Crippen LogP) is 2.03. The summed E-state index contributed by atoms with van der Waals surface area (Å²) in [6.07, 6.45) is 3.02. The van der Waals surface area contributed by atoms with Gasteiger partial charge in [0.15, 0.2) is 0 Å². The van der Waals surface area contributed by atoms with Crippen LogP contribution in [0.3, 0.4) is 0 Å². The van der Waals surface area contributed by atoms with Crippen LogP contribution in [0, 0.1) is 6.92 Å². The van der Waals surface area contributed by atoms with Crippen molar-refractivity contribution in [1.82, 2.24) is 14.9 Å². The molecule has 1 atom stereocenters. The third-order valence-electron chi connectivity index (χ3n) is 3.99. The maximum atomic E-state index is 11.9. The lowest BCUT2D eigenvalue weighted by Gasteiger charge is -2.17. The minimum absolute atomic E-state index is 0.177. The van der Waals surface area contributed by atoms with Gasteiger partial charge in [-0.05, 0) is 38.3 Å². The molecule has 1 heterocycles. The van der Waals surface area contributed by atoms with Crippen molar-refractivity contribution >= 4 is 17.0 Å². The van der Waals surface area contributed by atoms with E-state index in [0.717, 1.165) is 36.2 Å². The molecule has 1 unspecified atom stereocenters. The SMILES string of the molecule is COC(=O)C(CCn1c(C)nc2ccccc21)NC1CC1. The highest BCUT2D eigenvalue weighted by atomic mass is 16.5. The molecule has 1 saturated carbocycles. The quantitative estimate of drug-likeness (QED) is 0.826. The van der Waals surface area contributed by atoms with Crippen molar-refractivity contribution in [2.75, 3.05) is 7.11 Å². The minimum Gasteiger partial charge on any atom is -0.468 e. The maximum Gasteiger partial charge on any atom is 0.322 e. The van der Waals surface area contributed by atoms with Crippen LogP contribution in [0.2, 0.25) is 0 Å². The van der Waals surface area contributed by atoms with Gasteiger partial charge in [0, 0.05) is 12.6 Å². The average Bonchev–Trinajstić information content (AvgIpc) is 3.25. The van der Waals surface area contributed by atoms with Gasteiger partial charge in [0.05, 0.1) is 18.1 Å². The zero-order valence-corrected chi connectivity index (χ0v) is 12.5. The number of nitrogens with zero attached hydrogens (tertiary/aromatic N) is 2. The Kier molecular flexibility index (Phi) is 3.92. The molecular formula is C16H21N3O2. The molecule has 1 aromatic heterocycles. The fourth-order valence-corrected chi connectivity index (χ4v) is 2.68. The highest BCUT2D eigenvalue weighted by molar-refractivity contribution is 5.76. The van der Waals surface area contributed by atoms with Gasteiger partial charge in [0.2, 0.25) is 0 Å². The Bertz CT molecular complexity index is 646. The van der Waals surface area contributed by atoms with Gasteiger partial charge in [-0.2, -0.15) is 0 Å². The molecule has 112 valence electrons. The van der Waals surface area contributed by atoms with E-state index in [4.69, 9.17) is 4.74 Å². The zero-order chi connectivity index (χ0) is 14.8. The fourth-order valence-electron chi connectivity index (χ4n) is 2.68. The Labute approximate surface area is 124 Å². The monoisotopic (exact) mass is 287 g/mol. The smallest absolute Gasteiger partial charge is 0.322 e. The van der Waals surface area contributed by atoms with Gasteiger partial charge in [0.25, 0.3) is 0 Å². The van der Waals surface area contributed by atoms with Crippen molar-refractivity contribution in [3.05, 3.63) is 30.1 Å². The van der Waals surface area contributed by atoms with Crippen LogP contribution >= 0.6 is 0 Å². The number of carbonyl (C=O) groups is 1. The predicted molar refractivity (Wildman–Crippen MR) is 81.0 cm³/mol. The highest BCUT2D eigenvalue weighted by Crippen LogP contribution is 2.21. The van der Waals surface area contributed by atoms with Crippen molar-refractivity contribution in [3.8, 4) is 0 Å². The number of methoxy groups -OCH3 is 1. The molecule has 21 heavy (non-hydrogen) atoms. The summed E-state index contributed by atoms with van der Waals surface area (Å²) in [7, 11) is 1.45. The summed E-state index contributed by atoms with van der Waals surface area (Å²) >= 11 is 0. The summed E-state index contributed by atoms with van der Waals surface area (Å²) in [6.45, 7) is 2.76. The third kappa shape index (κ3) is 3.08. The first kappa shape index (κ1) is 14.1. The van der Waals surface area contributed by atoms with E-state index in [9.17, 15) is 4.79 Å². The van der Waals surface area contributed by atoms with Crippen LogP contribution in [0.1, 0.15) is 25.1 Å². The van der Waals surface area contributed by atoms with E-state index in [1.807, 2.05) is 25.1 Å². The van der Waals surface area contributed by atoms with Crippen LogP contribution < -0.4 is 5.32 Å². The van der Waals surface area contributed by atoms with Gasteiger partial charge >= 0.3 is 5.97 Å². The van der Waals surface area contributed by atoms with Crippen LogP contribution in [0.5, 0.6) is 0 Å². The number of ether oxygens (including phenoxy) is 1. The number of hydrogen-bond donors (Lipinski definition) is 1. The number of rotatable bonds is 6. The zero-order valence-electron chi connectivity index (χ0n) is 12.5. The standard InChI is InChI=1S/C16H21N3O2/c1-11-17-13-5-3-4-6-15(13)19(11)10-9-14(16(20)21-2)18-12-7-8-12/h3-6,12,14,18H,7-10H2,1-2H3. The van der Waals surface area contributed by atoms with Crippen LogP contribution in [0.4, 0.5) is 0 Å². The molecule has 1 fully saturated rings. The Hall–Kier alpha value is -1.88. The number of aryl methyl sites for hydroxylation is 2. The molecule has 2 aromatic rings. The number of hydrogen-bond acceptors (Lipinski definition) is 4. The first-order valence-electron chi connectivity index (χ1n) is 7.45. The second-order valence-electron chi connectivity index (χ2n) is 5.60. The Morgan fingerprint density at radius 1 is 1.48 bits per heavy atom. The molecule has 5 heteroatoms. The normalized spacial score (nSPS) is 16.1. The van der Waals surface area contributed by atoms with Crippen molar-refractivity contribution in [2.45, 2.75) is 44.8 Å². The van der Waals surface area contributed by atoms with Crippen molar-refractivity contribution in [1.29, 1.82) is 0 Å². The average molecular weight is 287 g/mol. The first-order valence-corrected chi connectivity index (χ1v) is 7.45. The second-order valence-corrected chi connectivity index (χ2v) is 5.60. The first-order chi connectivity index (χ1) is 10.2. The summed E-state index contributed by atoms with van der Waals surface area (Å²) in [4.78, 5) is 16.4. The van der Waals surface area contributed by atoms with Crippen molar-refractivity contribution in [3.63, 3.8) is 0 Å². The molecule has 1 N–H and O–H groups in total. The number of para-hydroxylation sites is 2. The number of fused-ring (bicyclic) bond motifs is 1.